The molecule has 7 rings (SSSR count). The minimum atomic E-state index is -0.186. The van der Waals surface area contributed by atoms with Crippen molar-refractivity contribution in [2.45, 2.75) is 32.2 Å². The lowest BCUT2D eigenvalue weighted by Gasteiger charge is -2.11. The molecular formula is C30H27FN6S. The molecule has 3 N–H and O–H groups in total. The first-order chi connectivity index (χ1) is 18.7. The highest BCUT2D eigenvalue weighted by atomic mass is 32.1. The minimum absolute atomic E-state index is 0.186. The van der Waals surface area contributed by atoms with Crippen molar-refractivity contribution in [3.8, 4) is 33.0 Å². The molecule has 5 aromatic heterocycles. The highest BCUT2D eigenvalue weighted by Gasteiger charge is 2.16. The number of thiophene rings is 1. The molecule has 0 aliphatic heterocycles. The Balaban J connectivity index is 1.20. The van der Waals surface area contributed by atoms with Gasteiger partial charge in [-0.05, 0) is 67.3 Å². The van der Waals surface area contributed by atoms with Gasteiger partial charge in [-0.25, -0.2) is 4.98 Å². The van der Waals surface area contributed by atoms with Crippen LogP contribution in [0.25, 0.3) is 54.9 Å². The topological polar surface area (TPSA) is 82.3 Å². The van der Waals surface area contributed by atoms with Gasteiger partial charge in [0.15, 0.2) is 10.8 Å². The predicted octanol–water partition coefficient (Wildman–Crippen LogP) is 7.32. The zero-order valence-electron chi connectivity index (χ0n) is 20.8. The maximum atomic E-state index is 13.7. The number of benzene rings is 1. The molecule has 0 radical (unpaired) electrons. The van der Waals surface area contributed by atoms with E-state index < -0.39 is 0 Å². The maximum absolute atomic E-state index is 13.7. The lowest BCUT2D eigenvalue weighted by molar-refractivity contribution is 0.489. The molecular weight excluding hydrogens is 495 g/mol. The van der Waals surface area contributed by atoms with Gasteiger partial charge in [0.2, 0.25) is 0 Å². The predicted molar refractivity (Wildman–Crippen MR) is 151 cm³/mol. The Morgan fingerprint density at radius 1 is 0.974 bits per heavy atom. The summed E-state index contributed by atoms with van der Waals surface area (Å²) in [5.41, 5.74) is 7.63. The van der Waals surface area contributed by atoms with Crippen molar-refractivity contribution in [3.05, 3.63) is 77.8 Å². The Morgan fingerprint density at radius 3 is 2.74 bits per heavy atom. The zero-order chi connectivity index (χ0) is 25.5. The molecule has 6 nitrogen and oxygen atoms in total. The molecule has 1 saturated carbocycles. The first-order valence-corrected chi connectivity index (χ1v) is 13.9. The van der Waals surface area contributed by atoms with E-state index in [-0.39, 0.29) is 5.13 Å². The second-order valence-electron chi connectivity index (χ2n) is 10.1. The van der Waals surface area contributed by atoms with Crippen LogP contribution in [0, 0.1) is 11.0 Å². The van der Waals surface area contributed by atoms with E-state index in [1.54, 1.807) is 0 Å². The number of aromatic amines is 2. The first-order valence-electron chi connectivity index (χ1n) is 13.1. The maximum Gasteiger partial charge on any atom is 0.181 e. The van der Waals surface area contributed by atoms with E-state index in [9.17, 15) is 4.39 Å². The average Bonchev–Trinajstić information content (AvgIpc) is 3.74. The van der Waals surface area contributed by atoms with E-state index in [0.717, 1.165) is 79.6 Å². The third-order valence-corrected chi connectivity index (χ3v) is 8.45. The van der Waals surface area contributed by atoms with E-state index in [1.165, 1.54) is 37.3 Å². The van der Waals surface area contributed by atoms with Crippen LogP contribution < -0.4 is 5.32 Å². The number of hydrogen-bond acceptors (Lipinski definition) is 5. The van der Waals surface area contributed by atoms with Crippen LogP contribution in [0.3, 0.4) is 0 Å². The number of hydrogen-bond donors (Lipinski definition) is 3. The summed E-state index contributed by atoms with van der Waals surface area (Å²) in [4.78, 5) is 13.6. The molecule has 1 aromatic carbocycles. The van der Waals surface area contributed by atoms with Crippen molar-refractivity contribution in [1.29, 1.82) is 0 Å². The van der Waals surface area contributed by atoms with Gasteiger partial charge >= 0.3 is 0 Å². The quantitative estimate of drug-likeness (QED) is 0.205. The zero-order valence-corrected chi connectivity index (χ0v) is 21.6. The molecule has 1 aliphatic rings. The summed E-state index contributed by atoms with van der Waals surface area (Å²) >= 11 is 1.16. The number of rotatable bonds is 7. The van der Waals surface area contributed by atoms with Crippen LogP contribution in [0.2, 0.25) is 0 Å². The Hall–Kier alpha value is -3.88. The monoisotopic (exact) mass is 522 g/mol. The molecule has 0 saturated heterocycles. The number of pyridine rings is 2. The van der Waals surface area contributed by atoms with Crippen molar-refractivity contribution in [2.24, 2.45) is 5.92 Å². The van der Waals surface area contributed by atoms with Crippen LogP contribution >= 0.6 is 11.3 Å². The SMILES string of the molecule is Fc1ccc(-c2cccc3[nH]c(-c4[nH]nc5ncc(-c6cncc(CNCC7CCCC7)c6)cc45)cc23)s1. The molecule has 1 fully saturated rings. The molecule has 0 bridgehead atoms. The first kappa shape index (κ1) is 23.3. The minimum Gasteiger partial charge on any atom is -0.353 e. The van der Waals surface area contributed by atoms with Crippen molar-refractivity contribution in [1.82, 2.24) is 30.5 Å². The number of fused-ring (bicyclic) bond motifs is 2. The van der Waals surface area contributed by atoms with Gasteiger partial charge < -0.3 is 10.3 Å². The van der Waals surface area contributed by atoms with E-state index in [4.69, 9.17) is 0 Å². The Kier molecular flexibility index (Phi) is 5.98. The Bertz CT molecular complexity index is 1740. The summed E-state index contributed by atoms with van der Waals surface area (Å²) in [5, 5.41) is 13.0. The second kappa shape index (κ2) is 9.78. The number of nitrogens with one attached hydrogen (secondary N) is 3. The van der Waals surface area contributed by atoms with E-state index in [0.29, 0.717) is 5.65 Å². The summed E-state index contributed by atoms with van der Waals surface area (Å²) in [6.07, 6.45) is 11.1. The van der Waals surface area contributed by atoms with Crippen molar-refractivity contribution in [3.63, 3.8) is 0 Å². The molecule has 1 aliphatic carbocycles. The highest BCUT2D eigenvalue weighted by Crippen LogP contribution is 2.37. The van der Waals surface area contributed by atoms with Gasteiger partial charge in [-0.2, -0.15) is 9.49 Å². The molecule has 38 heavy (non-hydrogen) atoms. The molecule has 5 heterocycles. The largest absolute Gasteiger partial charge is 0.353 e. The van der Waals surface area contributed by atoms with Crippen LogP contribution in [-0.4, -0.2) is 31.7 Å². The Labute approximate surface area is 223 Å². The van der Waals surface area contributed by atoms with E-state index in [1.807, 2.05) is 42.9 Å². The molecule has 190 valence electrons. The molecule has 6 aromatic rings. The second-order valence-corrected chi connectivity index (χ2v) is 11.1. The fourth-order valence-corrected chi connectivity index (χ4v) is 6.37. The lowest BCUT2D eigenvalue weighted by atomic mass is 10.0. The van der Waals surface area contributed by atoms with Gasteiger partial charge in [0.05, 0.1) is 11.4 Å². The van der Waals surface area contributed by atoms with Crippen LogP contribution in [-0.2, 0) is 6.54 Å². The summed E-state index contributed by atoms with van der Waals surface area (Å²) in [6.45, 7) is 1.89. The summed E-state index contributed by atoms with van der Waals surface area (Å²) < 4.78 is 13.7. The van der Waals surface area contributed by atoms with Crippen LogP contribution in [0.4, 0.5) is 4.39 Å². The van der Waals surface area contributed by atoms with Crippen molar-refractivity contribution in [2.75, 3.05) is 6.54 Å². The Morgan fingerprint density at radius 2 is 1.87 bits per heavy atom. The molecule has 0 amide bonds. The lowest BCUT2D eigenvalue weighted by Crippen LogP contribution is -2.20. The molecule has 0 atom stereocenters. The fourth-order valence-electron chi connectivity index (χ4n) is 5.60. The molecule has 0 spiro atoms. The highest BCUT2D eigenvalue weighted by molar-refractivity contribution is 7.14. The summed E-state index contributed by atoms with van der Waals surface area (Å²) in [6, 6.07) is 15.8. The normalized spacial score (nSPS) is 14.2. The summed E-state index contributed by atoms with van der Waals surface area (Å²) in [5.74, 6) is 0.810. The van der Waals surface area contributed by atoms with Crippen molar-refractivity contribution >= 4 is 33.3 Å². The summed E-state index contributed by atoms with van der Waals surface area (Å²) in [7, 11) is 0. The van der Waals surface area contributed by atoms with Gasteiger partial charge in [0.25, 0.3) is 0 Å². The van der Waals surface area contributed by atoms with E-state index >= 15 is 0 Å². The average molecular weight is 523 g/mol. The van der Waals surface area contributed by atoms with Gasteiger partial charge in [-0.1, -0.05) is 25.0 Å². The van der Waals surface area contributed by atoms with Gasteiger partial charge in [-0.15, -0.1) is 11.3 Å². The van der Waals surface area contributed by atoms with Gasteiger partial charge in [0, 0.05) is 63.0 Å². The number of H-pyrrole nitrogens is 2. The third kappa shape index (κ3) is 4.40. The van der Waals surface area contributed by atoms with Gasteiger partial charge in [0.1, 0.15) is 0 Å². The van der Waals surface area contributed by atoms with Crippen LogP contribution in [0.1, 0.15) is 31.2 Å². The number of nitrogens with zero attached hydrogens (tertiary/aromatic N) is 3. The fraction of sp³-hybridized carbons (Fsp3) is 0.233. The standard InChI is InChI=1S/C30H27FN6S/c31-28-9-8-27(38-28)22-6-3-7-25-23(22)12-26(35-25)29-24-11-21(17-34-30(24)37-36-29)20-10-19(15-33-16-20)14-32-13-18-4-1-2-5-18/h3,6-12,15-18,32,35H,1-2,4-5,13-14H2,(H,34,36,37). The third-order valence-electron chi connectivity index (χ3n) is 7.55. The van der Waals surface area contributed by atoms with Crippen LogP contribution in [0.15, 0.2) is 67.1 Å². The van der Waals surface area contributed by atoms with E-state index in [2.05, 4.69) is 48.7 Å². The number of halogens is 1. The smallest absolute Gasteiger partial charge is 0.181 e. The van der Waals surface area contributed by atoms with Crippen molar-refractivity contribution < 1.29 is 4.39 Å². The molecule has 8 heteroatoms. The number of aromatic nitrogens is 5. The molecule has 0 unspecified atom stereocenters. The van der Waals surface area contributed by atoms with Gasteiger partial charge in [-0.3, -0.25) is 10.1 Å². The van der Waals surface area contributed by atoms with Crippen LogP contribution in [0.5, 0.6) is 0 Å².